The molecule has 0 amide bonds. The Morgan fingerprint density at radius 3 is 2.65 bits per heavy atom. The van der Waals surface area contributed by atoms with Crippen LogP contribution in [0.1, 0.15) is 24.2 Å². The van der Waals surface area contributed by atoms with E-state index in [1.54, 1.807) is 6.07 Å². The van der Waals surface area contributed by atoms with Gasteiger partial charge in [0.2, 0.25) is 0 Å². The molecule has 0 radical (unpaired) electrons. The van der Waals surface area contributed by atoms with Crippen LogP contribution < -0.4 is 0 Å². The lowest BCUT2D eigenvalue weighted by Gasteiger charge is -2.18. The van der Waals surface area contributed by atoms with Gasteiger partial charge in [-0.3, -0.25) is 4.79 Å². The topological polar surface area (TPSA) is 57.5 Å². The molecule has 0 aliphatic heterocycles. The second kappa shape index (κ2) is 6.54. The van der Waals surface area contributed by atoms with Gasteiger partial charge in [-0.05, 0) is 24.1 Å². The number of benzene rings is 1. The molecule has 0 saturated heterocycles. The van der Waals surface area contributed by atoms with Gasteiger partial charge in [0.1, 0.15) is 6.10 Å². The van der Waals surface area contributed by atoms with E-state index in [4.69, 9.17) is 0 Å². The van der Waals surface area contributed by atoms with Gasteiger partial charge in [0, 0.05) is 17.1 Å². The number of thioether (sulfide) groups is 1. The molecule has 0 spiro atoms. The van der Waals surface area contributed by atoms with Crippen LogP contribution in [0, 0.1) is 6.92 Å². The zero-order valence-corrected chi connectivity index (χ0v) is 12.1. The van der Waals surface area contributed by atoms with Gasteiger partial charge in [-0.1, -0.05) is 39.8 Å². The molecular formula is C12H15BrO3S. The molecule has 0 bridgehead atoms. The lowest BCUT2D eigenvalue weighted by Crippen LogP contribution is -2.21. The molecule has 0 heterocycles. The van der Waals surface area contributed by atoms with Crippen LogP contribution in [0.5, 0.6) is 0 Å². The zero-order valence-electron chi connectivity index (χ0n) is 9.68. The van der Waals surface area contributed by atoms with Crippen LogP contribution in [0.3, 0.4) is 0 Å². The summed E-state index contributed by atoms with van der Waals surface area (Å²) in [5.41, 5.74) is 1.70. The number of carbonyl (C=O) groups excluding carboxylic acids is 1. The van der Waals surface area contributed by atoms with E-state index in [0.29, 0.717) is 5.56 Å². The standard InChI is InChI=1S/C12H15BrO3S/c1-7-3-4-9(10(13)5-7)12(16)11(15)6-17-8(2)14/h3-5,11-12,15-16H,6H2,1-2H3. The van der Waals surface area contributed by atoms with Crippen LogP contribution in [0.25, 0.3) is 0 Å². The molecule has 1 aromatic carbocycles. The van der Waals surface area contributed by atoms with Crippen molar-refractivity contribution in [2.24, 2.45) is 0 Å². The Kier molecular flexibility index (Phi) is 5.66. The fourth-order valence-electron chi connectivity index (χ4n) is 1.37. The SMILES string of the molecule is CC(=O)SCC(O)C(O)c1ccc(C)cc1Br. The monoisotopic (exact) mass is 318 g/mol. The van der Waals surface area contributed by atoms with Crippen molar-refractivity contribution in [2.45, 2.75) is 26.1 Å². The Morgan fingerprint density at radius 2 is 2.12 bits per heavy atom. The third-order valence-electron chi connectivity index (χ3n) is 2.30. The van der Waals surface area contributed by atoms with Gasteiger partial charge in [0.15, 0.2) is 5.12 Å². The van der Waals surface area contributed by atoms with Gasteiger partial charge in [-0.15, -0.1) is 0 Å². The van der Waals surface area contributed by atoms with E-state index in [0.717, 1.165) is 21.8 Å². The number of aliphatic hydroxyl groups excluding tert-OH is 2. The van der Waals surface area contributed by atoms with Gasteiger partial charge in [0.25, 0.3) is 0 Å². The first-order valence-corrected chi connectivity index (χ1v) is 6.95. The highest BCUT2D eigenvalue weighted by atomic mass is 79.9. The number of hydrogen-bond donors (Lipinski definition) is 2. The molecule has 0 aliphatic carbocycles. The van der Waals surface area contributed by atoms with Crippen molar-refractivity contribution in [3.05, 3.63) is 33.8 Å². The highest BCUT2D eigenvalue weighted by Crippen LogP contribution is 2.27. The highest BCUT2D eigenvalue weighted by molar-refractivity contribution is 9.10. The Balaban J connectivity index is 2.74. The first kappa shape index (κ1) is 14.7. The first-order chi connectivity index (χ1) is 7.91. The summed E-state index contributed by atoms with van der Waals surface area (Å²) in [6.45, 7) is 3.38. The maximum Gasteiger partial charge on any atom is 0.185 e. The molecule has 2 N–H and O–H groups in total. The Hall–Kier alpha value is -0.360. The van der Waals surface area contributed by atoms with Crippen LogP contribution in [0.4, 0.5) is 0 Å². The molecule has 0 saturated carbocycles. The predicted molar refractivity (Wildman–Crippen MR) is 73.0 cm³/mol. The summed E-state index contributed by atoms with van der Waals surface area (Å²) >= 11 is 4.36. The van der Waals surface area contributed by atoms with Crippen molar-refractivity contribution < 1.29 is 15.0 Å². The number of carbonyl (C=O) groups is 1. The van der Waals surface area contributed by atoms with Crippen LogP contribution in [-0.4, -0.2) is 27.2 Å². The molecule has 17 heavy (non-hydrogen) atoms. The lowest BCUT2D eigenvalue weighted by molar-refractivity contribution is -0.109. The minimum absolute atomic E-state index is 0.0702. The number of aryl methyl sites for hydroxylation is 1. The average Bonchev–Trinajstić information content (AvgIpc) is 2.25. The zero-order chi connectivity index (χ0) is 13.0. The van der Waals surface area contributed by atoms with Gasteiger partial charge in [0.05, 0.1) is 6.10 Å². The van der Waals surface area contributed by atoms with E-state index in [1.807, 2.05) is 19.1 Å². The molecule has 1 aromatic rings. The molecule has 1 rings (SSSR count). The minimum atomic E-state index is -0.989. The van der Waals surface area contributed by atoms with Crippen molar-refractivity contribution >= 4 is 32.8 Å². The third-order valence-corrected chi connectivity index (χ3v) is 3.90. The molecule has 0 fully saturated rings. The normalized spacial score (nSPS) is 14.4. The predicted octanol–water partition coefficient (Wildman–Crippen LogP) is 2.43. The molecule has 2 atom stereocenters. The minimum Gasteiger partial charge on any atom is -0.389 e. The summed E-state index contributed by atoms with van der Waals surface area (Å²) in [4.78, 5) is 10.8. The van der Waals surface area contributed by atoms with Crippen LogP contribution in [0.15, 0.2) is 22.7 Å². The van der Waals surface area contributed by atoms with Crippen LogP contribution in [0.2, 0.25) is 0 Å². The van der Waals surface area contributed by atoms with Crippen LogP contribution >= 0.6 is 27.7 Å². The Labute approximate surface area is 113 Å². The van der Waals surface area contributed by atoms with Crippen molar-refractivity contribution in [3.8, 4) is 0 Å². The van der Waals surface area contributed by atoms with Crippen LogP contribution in [-0.2, 0) is 4.79 Å². The summed E-state index contributed by atoms with van der Waals surface area (Å²) in [6, 6.07) is 5.52. The third kappa shape index (κ3) is 4.43. The van der Waals surface area contributed by atoms with E-state index in [1.165, 1.54) is 6.92 Å². The number of aliphatic hydroxyl groups is 2. The smallest absolute Gasteiger partial charge is 0.185 e. The van der Waals surface area contributed by atoms with Crippen molar-refractivity contribution in [1.82, 2.24) is 0 Å². The van der Waals surface area contributed by atoms with E-state index in [2.05, 4.69) is 15.9 Å². The summed E-state index contributed by atoms with van der Waals surface area (Å²) in [5.74, 6) is 0.191. The summed E-state index contributed by atoms with van der Waals surface area (Å²) in [5, 5.41) is 19.7. The molecule has 0 aliphatic rings. The molecule has 2 unspecified atom stereocenters. The maximum atomic E-state index is 10.8. The van der Waals surface area contributed by atoms with E-state index in [-0.39, 0.29) is 10.9 Å². The first-order valence-electron chi connectivity index (χ1n) is 5.17. The van der Waals surface area contributed by atoms with E-state index in [9.17, 15) is 15.0 Å². The lowest BCUT2D eigenvalue weighted by atomic mass is 10.0. The highest BCUT2D eigenvalue weighted by Gasteiger charge is 2.21. The van der Waals surface area contributed by atoms with Crippen molar-refractivity contribution in [3.63, 3.8) is 0 Å². The number of hydrogen-bond acceptors (Lipinski definition) is 4. The molecular weight excluding hydrogens is 304 g/mol. The quantitative estimate of drug-likeness (QED) is 0.895. The van der Waals surface area contributed by atoms with Gasteiger partial charge in [-0.25, -0.2) is 0 Å². The number of halogens is 1. The molecule has 3 nitrogen and oxygen atoms in total. The largest absolute Gasteiger partial charge is 0.389 e. The second-order valence-corrected chi connectivity index (χ2v) is 5.89. The fraction of sp³-hybridized carbons (Fsp3) is 0.417. The van der Waals surface area contributed by atoms with Crippen molar-refractivity contribution in [2.75, 3.05) is 5.75 Å². The fourth-order valence-corrected chi connectivity index (χ4v) is 2.69. The van der Waals surface area contributed by atoms with Gasteiger partial charge < -0.3 is 10.2 Å². The summed E-state index contributed by atoms with van der Waals surface area (Å²) in [6.07, 6.45) is -1.94. The summed E-state index contributed by atoms with van der Waals surface area (Å²) < 4.78 is 0.761. The maximum absolute atomic E-state index is 10.8. The van der Waals surface area contributed by atoms with Gasteiger partial charge in [-0.2, -0.15) is 0 Å². The Bertz CT molecular complexity index is 409. The van der Waals surface area contributed by atoms with E-state index < -0.39 is 12.2 Å². The summed E-state index contributed by atoms with van der Waals surface area (Å²) in [7, 11) is 0. The van der Waals surface area contributed by atoms with Crippen molar-refractivity contribution in [1.29, 1.82) is 0 Å². The van der Waals surface area contributed by atoms with Gasteiger partial charge >= 0.3 is 0 Å². The Morgan fingerprint density at radius 1 is 1.47 bits per heavy atom. The molecule has 0 aromatic heterocycles. The van der Waals surface area contributed by atoms with E-state index >= 15 is 0 Å². The average molecular weight is 319 g/mol. The molecule has 5 heteroatoms. The number of rotatable bonds is 4. The second-order valence-electron chi connectivity index (χ2n) is 3.84. The molecule has 94 valence electrons.